The van der Waals surface area contributed by atoms with Crippen molar-refractivity contribution in [3.05, 3.63) is 70.8 Å². The predicted octanol–water partition coefficient (Wildman–Crippen LogP) is 2.47. The maximum atomic E-state index is 12.9. The van der Waals surface area contributed by atoms with Gasteiger partial charge in [0.25, 0.3) is 5.91 Å². The molecule has 3 aromatic rings. The molecule has 0 aliphatic carbocycles. The largest absolute Gasteiger partial charge is 0.335 e. The molecule has 1 aliphatic rings. The Kier molecular flexibility index (Phi) is 5.49. The second kappa shape index (κ2) is 8.21. The molecule has 2 aromatic heterocycles. The molecule has 3 heterocycles. The molecule has 1 saturated heterocycles. The average Bonchev–Trinajstić information content (AvgIpc) is 3.30. The minimum absolute atomic E-state index is 0.00709. The Hall–Kier alpha value is -2.93. The molecule has 0 unspecified atom stereocenters. The van der Waals surface area contributed by atoms with Crippen molar-refractivity contribution in [1.82, 2.24) is 29.4 Å². The molecule has 1 aliphatic heterocycles. The van der Waals surface area contributed by atoms with Gasteiger partial charge in [-0.15, -0.1) is 0 Å². The smallest absolute Gasteiger partial charge is 0.274 e. The SMILES string of the molecule is Cc1cc(C)n(Cn2ccc(C(=O)N3CCN(Cc4ccccc4C)CC3)n2)n1. The average molecular weight is 393 g/mol. The summed E-state index contributed by atoms with van der Waals surface area (Å²) in [6, 6.07) is 12.3. The maximum absolute atomic E-state index is 12.9. The van der Waals surface area contributed by atoms with E-state index in [1.807, 2.05) is 35.7 Å². The predicted molar refractivity (Wildman–Crippen MR) is 112 cm³/mol. The fourth-order valence-electron chi connectivity index (χ4n) is 3.81. The molecule has 0 saturated carbocycles. The van der Waals surface area contributed by atoms with E-state index in [4.69, 9.17) is 0 Å². The Morgan fingerprint density at radius 3 is 2.45 bits per heavy atom. The van der Waals surface area contributed by atoms with E-state index in [0.717, 1.165) is 44.1 Å². The van der Waals surface area contributed by atoms with Crippen molar-refractivity contribution in [2.75, 3.05) is 26.2 Å². The summed E-state index contributed by atoms with van der Waals surface area (Å²) in [5.41, 5.74) is 5.23. The number of hydrogen-bond acceptors (Lipinski definition) is 4. The Morgan fingerprint density at radius 1 is 1.00 bits per heavy atom. The molecule has 0 atom stereocenters. The number of amides is 1. The molecule has 0 N–H and O–H groups in total. The highest BCUT2D eigenvalue weighted by Crippen LogP contribution is 2.14. The number of benzene rings is 1. The van der Waals surface area contributed by atoms with Crippen molar-refractivity contribution >= 4 is 5.91 Å². The lowest BCUT2D eigenvalue weighted by atomic mass is 10.1. The third-order valence-electron chi connectivity index (χ3n) is 5.56. The second-order valence-corrected chi connectivity index (χ2v) is 7.80. The van der Waals surface area contributed by atoms with Crippen LogP contribution in [0.25, 0.3) is 0 Å². The van der Waals surface area contributed by atoms with Crippen LogP contribution in [0.15, 0.2) is 42.6 Å². The van der Waals surface area contributed by atoms with Gasteiger partial charge in [0.1, 0.15) is 12.4 Å². The topological polar surface area (TPSA) is 59.2 Å². The van der Waals surface area contributed by atoms with Crippen LogP contribution in [0.5, 0.6) is 0 Å². The molecule has 1 fully saturated rings. The minimum atomic E-state index is 0.00709. The van der Waals surface area contributed by atoms with E-state index in [2.05, 4.69) is 46.3 Å². The van der Waals surface area contributed by atoms with E-state index < -0.39 is 0 Å². The summed E-state index contributed by atoms with van der Waals surface area (Å²) in [7, 11) is 0. The third kappa shape index (κ3) is 4.40. The fourth-order valence-corrected chi connectivity index (χ4v) is 3.81. The highest BCUT2D eigenvalue weighted by atomic mass is 16.2. The van der Waals surface area contributed by atoms with E-state index in [1.165, 1.54) is 11.1 Å². The number of aromatic nitrogens is 4. The Labute approximate surface area is 171 Å². The summed E-state index contributed by atoms with van der Waals surface area (Å²) < 4.78 is 3.65. The Morgan fingerprint density at radius 2 is 1.76 bits per heavy atom. The lowest BCUT2D eigenvalue weighted by molar-refractivity contribution is 0.0621. The van der Waals surface area contributed by atoms with E-state index >= 15 is 0 Å². The van der Waals surface area contributed by atoms with Crippen LogP contribution >= 0.6 is 0 Å². The number of rotatable bonds is 5. The highest BCUT2D eigenvalue weighted by Gasteiger charge is 2.24. The van der Waals surface area contributed by atoms with Gasteiger partial charge in [-0.3, -0.25) is 14.4 Å². The van der Waals surface area contributed by atoms with Gasteiger partial charge in [-0.25, -0.2) is 4.68 Å². The molecule has 29 heavy (non-hydrogen) atoms. The van der Waals surface area contributed by atoms with Gasteiger partial charge in [0, 0.05) is 44.6 Å². The van der Waals surface area contributed by atoms with Crippen LogP contribution in [-0.2, 0) is 13.2 Å². The number of piperazine rings is 1. The summed E-state index contributed by atoms with van der Waals surface area (Å²) in [5.74, 6) is 0.00709. The zero-order valence-corrected chi connectivity index (χ0v) is 17.4. The van der Waals surface area contributed by atoms with E-state index in [-0.39, 0.29) is 5.91 Å². The van der Waals surface area contributed by atoms with E-state index in [9.17, 15) is 4.79 Å². The first kappa shape index (κ1) is 19.4. The molecule has 7 heteroatoms. The van der Waals surface area contributed by atoms with E-state index in [1.54, 1.807) is 10.7 Å². The zero-order chi connectivity index (χ0) is 20.4. The van der Waals surface area contributed by atoms with Gasteiger partial charge in [-0.2, -0.15) is 10.2 Å². The van der Waals surface area contributed by atoms with Crippen LogP contribution in [0, 0.1) is 20.8 Å². The molecule has 0 spiro atoms. The van der Waals surface area contributed by atoms with Crippen LogP contribution in [0.2, 0.25) is 0 Å². The zero-order valence-electron chi connectivity index (χ0n) is 17.4. The summed E-state index contributed by atoms with van der Waals surface area (Å²) in [5, 5.41) is 8.93. The minimum Gasteiger partial charge on any atom is -0.335 e. The second-order valence-electron chi connectivity index (χ2n) is 7.80. The van der Waals surface area contributed by atoms with Crippen molar-refractivity contribution < 1.29 is 4.79 Å². The normalized spacial score (nSPS) is 15.1. The van der Waals surface area contributed by atoms with Gasteiger partial charge < -0.3 is 4.90 Å². The maximum Gasteiger partial charge on any atom is 0.274 e. The first-order valence-electron chi connectivity index (χ1n) is 10.1. The molecule has 0 radical (unpaired) electrons. The monoisotopic (exact) mass is 392 g/mol. The van der Waals surface area contributed by atoms with Crippen LogP contribution in [0.4, 0.5) is 0 Å². The molecule has 1 amide bonds. The number of carbonyl (C=O) groups excluding carboxylic acids is 1. The third-order valence-corrected chi connectivity index (χ3v) is 5.56. The Bertz CT molecular complexity index is 996. The van der Waals surface area contributed by atoms with Gasteiger partial charge >= 0.3 is 0 Å². The summed E-state index contributed by atoms with van der Waals surface area (Å²) in [6.07, 6.45) is 1.85. The summed E-state index contributed by atoms with van der Waals surface area (Å²) in [4.78, 5) is 17.2. The number of carbonyl (C=O) groups is 1. The molecule has 4 rings (SSSR count). The van der Waals surface area contributed by atoms with Crippen molar-refractivity contribution in [1.29, 1.82) is 0 Å². The molecule has 152 valence electrons. The Balaban J connectivity index is 1.33. The lowest BCUT2D eigenvalue weighted by Gasteiger charge is -2.34. The van der Waals surface area contributed by atoms with Crippen molar-refractivity contribution in [2.24, 2.45) is 0 Å². The molecule has 7 nitrogen and oxygen atoms in total. The summed E-state index contributed by atoms with van der Waals surface area (Å²) >= 11 is 0. The molecular formula is C22H28N6O. The van der Waals surface area contributed by atoms with Gasteiger partial charge in [0.15, 0.2) is 0 Å². The quantitative estimate of drug-likeness (QED) is 0.669. The summed E-state index contributed by atoms with van der Waals surface area (Å²) in [6.45, 7) is 10.8. The fraction of sp³-hybridized carbons (Fsp3) is 0.409. The first-order chi connectivity index (χ1) is 14.0. The van der Waals surface area contributed by atoms with Crippen molar-refractivity contribution in [3.63, 3.8) is 0 Å². The van der Waals surface area contributed by atoms with E-state index in [0.29, 0.717) is 12.4 Å². The van der Waals surface area contributed by atoms with Gasteiger partial charge in [-0.05, 0) is 44.0 Å². The van der Waals surface area contributed by atoms with Crippen molar-refractivity contribution in [2.45, 2.75) is 34.0 Å². The molecular weight excluding hydrogens is 364 g/mol. The van der Waals surface area contributed by atoms with Crippen LogP contribution in [-0.4, -0.2) is 61.4 Å². The van der Waals surface area contributed by atoms with Gasteiger partial charge in [0.05, 0.1) is 5.69 Å². The highest BCUT2D eigenvalue weighted by molar-refractivity contribution is 5.92. The van der Waals surface area contributed by atoms with Crippen LogP contribution in [0.3, 0.4) is 0 Å². The first-order valence-corrected chi connectivity index (χ1v) is 10.1. The number of aryl methyl sites for hydroxylation is 3. The molecule has 1 aromatic carbocycles. The lowest BCUT2D eigenvalue weighted by Crippen LogP contribution is -2.48. The van der Waals surface area contributed by atoms with Gasteiger partial charge in [0.2, 0.25) is 0 Å². The van der Waals surface area contributed by atoms with Gasteiger partial charge in [-0.1, -0.05) is 24.3 Å². The van der Waals surface area contributed by atoms with Crippen LogP contribution in [0.1, 0.15) is 33.0 Å². The van der Waals surface area contributed by atoms with Crippen LogP contribution < -0.4 is 0 Å². The number of nitrogens with zero attached hydrogens (tertiary/aromatic N) is 6. The van der Waals surface area contributed by atoms with Crippen molar-refractivity contribution in [3.8, 4) is 0 Å². The standard InChI is InChI=1S/C22H28N6O/c1-17-6-4-5-7-20(17)15-25-10-12-26(13-11-25)22(29)21-8-9-27(24-21)16-28-19(3)14-18(2)23-28/h4-9,14H,10-13,15-16H2,1-3H3. The number of hydrogen-bond donors (Lipinski definition) is 0. The molecule has 0 bridgehead atoms.